The Bertz CT molecular complexity index is 302. The molecule has 108 valence electrons. The standard InChI is InChI=1S/C16H29N3/c1-3-14-7-5-6-8-16(14)19-11-9-18(10-12-19)15(4-2)13-17/h14-16H,3-12H2,1-2H3. The van der Waals surface area contributed by atoms with Crippen LogP contribution in [0.3, 0.4) is 0 Å². The zero-order valence-corrected chi connectivity index (χ0v) is 12.6. The first-order chi connectivity index (χ1) is 9.30. The molecule has 2 rings (SSSR count). The van der Waals surface area contributed by atoms with Crippen LogP contribution < -0.4 is 0 Å². The summed E-state index contributed by atoms with van der Waals surface area (Å²) in [5.74, 6) is 0.915. The molecule has 0 N–H and O–H groups in total. The van der Waals surface area contributed by atoms with E-state index in [1.165, 1.54) is 45.2 Å². The van der Waals surface area contributed by atoms with Crippen LogP contribution in [0.5, 0.6) is 0 Å². The van der Waals surface area contributed by atoms with Crippen molar-refractivity contribution in [1.82, 2.24) is 9.80 Å². The predicted molar refractivity (Wildman–Crippen MR) is 78.9 cm³/mol. The third-order valence-electron chi connectivity index (χ3n) is 5.19. The summed E-state index contributed by atoms with van der Waals surface area (Å²) in [7, 11) is 0. The molecule has 3 heteroatoms. The van der Waals surface area contributed by atoms with Crippen LogP contribution in [-0.2, 0) is 0 Å². The molecule has 0 bridgehead atoms. The Kier molecular flexibility index (Phi) is 5.66. The van der Waals surface area contributed by atoms with Crippen LogP contribution in [-0.4, -0.2) is 48.1 Å². The van der Waals surface area contributed by atoms with Gasteiger partial charge in [0, 0.05) is 32.2 Å². The molecule has 0 aromatic heterocycles. The Labute approximate surface area is 118 Å². The number of hydrogen-bond donors (Lipinski definition) is 0. The summed E-state index contributed by atoms with van der Waals surface area (Å²) in [5, 5.41) is 9.17. The molecule has 1 saturated carbocycles. The summed E-state index contributed by atoms with van der Waals surface area (Å²) in [4.78, 5) is 5.09. The third-order valence-corrected chi connectivity index (χ3v) is 5.19. The van der Waals surface area contributed by atoms with Crippen molar-refractivity contribution in [2.75, 3.05) is 26.2 Å². The Hall–Kier alpha value is -0.590. The molecule has 2 aliphatic rings. The lowest BCUT2D eigenvalue weighted by atomic mass is 9.81. The van der Waals surface area contributed by atoms with Gasteiger partial charge in [0.25, 0.3) is 0 Å². The van der Waals surface area contributed by atoms with Gasteiger partial charge < -0.3 is 0 Å². The largest absolute Gasteiger partial charge is 0.298 e. The molecule has 2 fully saturated rings. The highest BCUT2D eigenvalue weighted by molar-refractivity contribution is 4.94. The smallest absolute Gasteiger partial charge is 0.0976 e. The monoisotopic (exact) mass is 263 g/mol. The average Bonchev–Trinajstić information content (AvgIpc) is 2.49. The molecule has 0 aromatic rings. The molecule has 0 aromatic carbocycles. The highest BCUT2D eigenvalue weighted by Crippen LogP contribution is 2.31. The van der Waals surface area contributed by atoms with E-state index in [4.69, 9.17) is 5.26 Å². The van der Waals surface area contributed by atoms with Crippen LogP contribution in [0, 0.1) is 17.2 Å². The lowest BCUT2D eigenvalue weighted by Crippen LogP contribution is -2.54. The second kappa shape index (κ2) is 7.26. The Balaban J connectivity index is 1.87. The first kappa shape index (κ1) is 14.8. The van der Waals surface area contributed by atoms with Gasteiger partial charge in [-0.1, -0.05) is 33.1 Å². The molecule has 0 radical (unpaired) electrons. The second-order valence-corrected chi connectivity index (χ2v) is 6.15. The molecule has 1 aliphatic carbocycles. The van der Waals surface area contributed by atoms with E-state index in [2.05, 4.69) is 29.7 Å². The van der Waals surface area contributed by atoms with E-state index in [-0.39, 0.29) is 6.04 Å². The predicted octanol–water partition coefficient (Wildman–Crippen LogP) is 2.87. The summed E-state index contributed by atoms with van der Waals surface area (Å²) in [6.45, 7) is 8.97. The molecular weight excluding hydrogens is 234 g/mol. The van der Waals surface area contributed by atoms with Gasteiger partial charge in [0.1, 0.15) is 0 Å². The molecular formula is C16H29N3. The van der Waals surface area contributed by atoms with E-state index in [9.17, 15) is 0 Å². The molecule has 3 atom stereocenters. The van der Waals surface area contributed by atoms with E-state index in [1.54, 1.807) is 0 Å². The van der Waals surface area contributed by atoms with Crippen LogP contribution in [0.4, 0.5) is 0 Å². The minimum absolute atomic E-state index is 0.135. The van der Waals surface area contributed by atoms with Crippen LogP contribution in [0.1, 0.15) is 52.4 Å². The molecule has 1 heterocycles. The summed E-state index contributed by atoms with van der Waals surface area (Å²) < 4.78 is 0. The molecule has 1 aliphatic heterocycles. The van der Waals surface area contributed by atoms with E-state index < -0.39 is 0 Å². The lowest BCUT2D eigenvalue weighted by molar-refractivity contribution is 0.0400. The van der Waals surface area contributed by atoms with E-state index in [1.807, 2.05) is 0 Å². The van der Waals surface area contributed by atoms with E-state index in [0.29, 0.717) is 0 Å². The maximum absolute atomic E-state index is 9.17. The highest BCUT2D eigenvalue weighted by Gasteiger charge is 2.32. The Morgan fingerprint density at radius 1 is 1.11 bits per heavy atom. The first-order valence-corrected chi connectivity index (χ1v) is 8.17. The van der Waals surface area contributed by atoms with Gasteiger partial charge >= 0.3 is 0 Å². The molecule has 3 nitrogen and oxygen atoms in total. The molecule has 0 spiro atoms. The quantitative estimate of drug-likeness (QED) is 0.781. The maximum atomic E-state index is 9.17. The third kappa shape index (κ3) is 3.49. The van der Waals surface area contributed by atoms with Crippen molar-refractivity contribution in [2.45, 2.75) is 64.5 Å². The van der Waals surface area contributed by atoms with Gasteiger partial charge in [0.05, 0.1) is 12.1 Å². The number of nitrogens with zero attached hydrogens (tertiary/aromatic N) is 3. The normalized spacial score (nSPS) is 31.8. The van der Waals surface area contributed by atoms with E-state index >= 15 is 0 Å². The van der Waals surface area contributed by atoms with Crippen molar-refractivity contribution >= 4 is 0 Å². The van der Waals surface area contributed by atoms with Gasteiger partial charge in [0.15, 0.2) is 0 Å². The molecule has 1 saturated heterocycles. The fourth-order valence-corrected chi connectivity index (χ4v) is 3.96. The zero-order chi connectivity index (χ0) is 13.7. The Morgan fingerprint density at radius 3 is 2.37 bits per heavy atom. The van der Waals surface area contributed by atoms with Crippen LogP contribution >= 0.6 is 0 Å². The van der Waals surface area contributed by atoms with Crippen LogP contribution in [0.25, 0.3) is 0 Å². The minimum atomic E-state index is 0.135. The first-order valence-electron chi connectivity index (χ1n) is 8.17. The van der Waals surface area contributed by atoms with Gasteiger partial charge in [-0.3, -0.25) is 9.80 Å². The maximum Gasteiger partial charge on any atom is 0.0976 e. The van der Waals surface area contributed by atoms with Crippen molar-refractivity contribution in [1.29, 1.82) is 5.26 Å². The van der Waals surface area contributed by atoms with Gasteiger partial charge in [-0.15, -0.1) is 0 Å². The van der Waals surface area contributed by atoms with Crippen molar-refractivity contribution < 1.29 is 0 Å². The molecule has 0 amide bonds. The van der Waals surface area contributed by atoms with Crippen LogP contribution in [0.2, 0.25) is 0 Å². The SMILES string of the molecule is CCC1CCCCC1N1CCN(C(C#N)CC)CC1. The van der Waals surface area contributed by atoms with Gasteiger partial charge in [-0.05, 0) is 25.2 Å². The molecule has 19 heavy (non-hydrogen) atoms. The summed E-state index contributed by atoms with van der Waals surface area (Å²) >= 11 is 0. The van der Waals surface area contributed by atoms with Crippen LogP contribution in [0.15, 0.2) is 0 Å². The van der Waals surface area contributed by atoms with Crippen molar-refractivity contribution in [3.8, 4) is 6.07 Å². The fraction of sp³-hybridized carbons (Fsp3) is 0.938. The minimum Gasteiger partial charge on any atom is -0.298 e. The summed E-state index contributed by atoms with van der Waals surface area (Å²) in [6.07, 6.45) is 7.96. The number of rotatable bonds is 4. The van der Waals surface area contributed by atoms with Crippen molar-refractivity contribution in [3.05, 3.63) is 0 Å². The summed E-state index contributed by atoms with van der Waals surface area (Å²) in [6, 6.07) is 3.40. The average molecular weight is 263 g/mol. The number of piperazine rings is 1. The highest BCUT2D eigenvalue weighted by atomic mass is 15.3. The number of hydrogen-bond acceptors (Lipinski definition) is 3. The molecule has 3 unspecified atom stereocenters. The fourth-order valence-electron chi connectivity index (χ4n) is 3.96. The van der Waals surface area contributed by atoms with Crippen molar-refractivity contribution in [3.63, 3.8) is 0 Å². The van der Waals surface area contributed by atoms with Crippen molar-refractivity contribution in [2.24, 2.45) is 5.92 Å². The zero-order valence-electron chi connectivity index (χ0n) is 12.6. The van der Waals surface area contributed by atoms with E-state index in [0.717, 1.165) is 31.5 Å². The summed E-state index contributed by atoms with van der Waals surface area (Å²) in [5.41, 5.74) is 0. The number of nitriles is 1. The van der Waals surface area contributed by atoms with Gasteiger partial charge in [-0.2, -0.15) is 5.26 Å². The lowest BCUT2D eigenvalue weighted by Gasteiger charge is -2.45. The topological polar surface area (TPSA) is 30.3 Å². The van der Waals surface area contributed by atoms with Gasteiger partial charge in [-0.25, -0.2) is 0 Å². The Morgan fingerprint density at radius 2 is 1.79 bits per heavy atom. The van der Waals surface area contributed by atoms with Gasteiger partial charge in [0.2, 0.25) is 0 Å². The second-order valence-electron chi connectivity index (χ2n) is 6.15.